The lowest BCUT2D eigenvalue weighted by molar-refractivity contribution is 0.170. The van der Waals surface area contributed by atoms with Gasteiger partial charge in [-0.25, -0.2) is 0 Å². The van der Waals surface area contributed by atoms with E-state index in [1.165, 1.54) is 43.5 Å². The molecule has 1 N–H and O–H groups in total. The molecule has 1 atom stereocenters. The molecule has 0 aromatic heterocycles. The van der Waals surface area contributed by atoms with Crippen molar-refractivity contribution in [2.45, 2.75) is 45.2 Å². The zero-order valence-electron chi connectivity index (χ0n) is 12.8. The van der Waals surface area contributed by atoms with Gasteiger partial charge >= 0.3 is 0 Å². The quantitative estimate of drug-likeness (QED) is 0.879. The summed E-state index contributed by atoms with van der Waals surface area (Å²) in [7, 11) is 0. The van der Waals surface area contributed by atoms with E-state index in [-0.39, 0.29) is 0 Å². The fourth-order valence-electron chi connectivity index (χ4n) is 3.38. The van der Waals surface area contributed by atoms with E-state index < -0.39 is 0 Å². The van der Waals surface area contributed by atoms with Crippen LogP contribution in [0.2, 0.25) is 0 Å². The molecule has 0 saturated carbocycles. The van der Waals surface area contributed by atoms with E-state index in [9.17, 15) is 0 Å². The highest BCUT2D eigenvalue weighted by Crippen LogP contribution is 2.32. The number of halogens is 1. The van der Waals surface area contributed by atoms with E-state index in [0.717, 1.165) is 36.3 Å². The average Bonchev–Trinajstić information content (AvgIpc) is 2.96. The number of rotatable bonds is 5. The number of ether oxygens (including phenoxy) is 1. The maximum atomic E-state index is 5.79. The summed E-state index contributed by atoms with van der Waals surface area (Å²) in [4.78, 5) is 2.61. The SMILES string of the molecule is CC(CNCc1cc(Br)cc2c1OCC2)N1CCCCC1. The van der Waals surface area contributed by atoms with Gasteiger partial charge in [0, 0.05) is 35.6 Å². The van der Waals surface area contributed by atoms with E-state index in [2.05, 4.69) is 45.2 Å². The highest BCUT2D eigenvalue weighted by atomic mass is 79.9. The van der Waals surface area contributed by atoms with Gasteiger partial charge in [0.1, 0.15) is 5.75 Å². The largest absolute Gasteiger partial charge is 0.493 e. The van der Waals surface area contributed by atoms with Gasteiger partial charge < -0.3 is 10.1 Å². The highest BCUT2D eigenvalue weighted by molar-refractivity contribution is 9.10. The van der Waals surface area contributed by atoms with Gasteiger partial charge in [0.25, 0.3) is 0 Å². The first-order valence-corrected chi connectivity index (χ1v) is 8.92. The van der Waals surface area contributed by atoms with Crippen LogP contribution in [0.25, 0.3) is 0 Å². The smallest absolute Gasteiger partial charge is 0.127 e. The molecule has 116 valence electrons. The lowest BCUT2D eigenvalue weighted by Crippen LogP contribution is -2.42. The number of nitrogens with zero attached hydrogens (tertiary/aromatic N) is 1. The Hall–Kier alpha value is -0.580. The summed E-state index contributed by atoms with van der Waals surface area (Å²) in [6, 6.07) is 4.98. The molecule has 3 rings (SSSR count). The van der Waals surface area contributed by atoms with Crippen molar-refractivity contribution in [3.05, 3.63) is 27.7 Å². The standard InChI is InChI=1S/C17H25BrN2O/c1-13(20-6-3-2-4-7-20)11-19-12-15-10-16(18)9-14-5-8-21-17(14)15/h9-10,13,19H,2-8,11-12H2,1H3. The van der Waals surface area contributed by atoms with Crippen LogP contribution in [0.15, 0.2) is 16.6 Å². The van der Waals surface area contributed by atoms with Gasteiger partial charge in [-0.2, -0.15) is 0 Å². The maximum Gasteiger partial charge on any atom is 0.127 e. The molecule has 2 heterocycles. The molecular weight excluding hydrogens is 328 g/mol. The second-order valence-corrected chi connectivity index (χ2v) is 7.14. The zero-order chi connectivity index (χ0) is 14.7. The van der Waals surface area contributed by atoms with E-state index in [0.29, 0.717) is 6.04 Å². The summed E-state index contributed by atoms with van der Waals surface area (Å²) in [6.45, 7) is 7.61. The van der Waals surface area contributed by atoms with Crippen molar-refractivity contribution in [2.75, 3.05) is 26.2 Å². The minimum absolute atomic E-state index is 0.617. The molecule has 4 heteroatoms. The topological polar surface area (TPSA) is 24.5 Å². The molecule has 1 aromatic rings. The predicted octanol–water partition coefficient (Wildman–Crippen LogP) is 3.35. The Balaban J connectivity index is 1.53. The van der Waals surface area contributed by atoms with Gasteiger partial charge in [-0.3, -0.25) is 4.90 Å². The Morgan fingerprint density at radius 2 is 2.10 bits per heavy atom. The van der Waals surface area contributed by atoms with Crippen molar-refractivity contribution < 1.29 is 4.74 Å². The molecule has 1 aromatic carbocycles. The molecule has 1 saturated heterocycles. The fourth-order valence-corrected chi connectivity index (χ4v) is 3.93. The van der Waals surface area contributed by atoms with Crippen molar-refractivity contribution in [3.8, 4) is 5.75 Å². The number of fused-ring (bicyclic) bond motifs is 1. The van der Waals surface area contributed by atoms with Crippen LogP contribution in [0.3, 0.4) is 0 Å². The first-order chi connectivity index (χ1) is 10.2. The van der Waals surface area contributed by atoms with Crippen LogP contribution in [0.5, 0.6) is 5.75 Å². The Morgan fingerprint density at radius 3 is 2.90 bits per heavy atom. The molecule has 0 amide bonds. The van der Waals surface area contributed by atoms with Crippen LogP contribution in [0, 0.1) is 0 Å². The summed E-state index contributed by atoms with van der Waals surface area (Å²) >= 11 is 3.61. The first-order valence-electron chi connectivity index (χ1n) is 8.13. The summed E-state index contributed by atoms with van der Waals surface area (Å²) in [6.07, 6.45) is 5.15. The highest BCUT2D eigenvalue weighted by Gasteiger charge is 2.19. The summed E-state index contributed by atoms with van der Waals surface area (Å²) in [5.41, 5.74) is 2.62. The molecule has 1 unspecified atom stereocenters. The minimum atomic E-state index is 0.617. The third kappa shape index (κ3) is 3.79. The second-order valence-electron chi connectivity index (χ2n) is 6.23. The minimum Gasteiger partial charge on any atom is -0.493 e. The number of likely N-dealkylation sites (tertiary alicyclic amines) is 1. The van der Waals surface area contributed by atoms with Gasteiger partial charge in [0.05, 0.1) is 6.61 Å². The van der Waals surface area contributed by atoms with E-state index in [4.69, 9.17) is 4.74 Å². The maximum absolute atomic E-state index is 5.79. The molecule has 1 fully saturated rings. The predicted molar refractivity (Wildman–Crippen MR) is 89.9 cm³/mol. The van der Waals surface area contributed by atoms with Crippen LogP contribution in [0.1, 0.15) is 37.3 Å². The second kappa shape index (κ2) is 7.12. The zero-order valence-corrected chi connectivity index (χ0v) is 14.4. The van der Waals surface area contributed by atoms with E-state index >= 15 is 0 Å². The first kappa shape index (κ1) is 15.3. The molecule has 21 heavy (non-hydrogen) atoms. The van der Waals surface area contributed by atoms with Crippen LogP contribution < -0.4 is 10.1 Å². The Labute approximate surface area is 136 Å². The van der Waals surface area contributed by atoms with Gasteiger partial charge in [-0.1, -0.05) is 22.4 Å². The van der Waals surface area contributed by atoms with E-state index in [1.54, 1.807) is 0 Å². The lowest BCUT2D eigenvalue weighted by Gasteiger charge is -2.32. The van der Waals surface area contributed by atoms with Crippen LogP contribution in [-0.4, -0.2) is 37.2 Å². The summed E-state index contributed by atoms with van der Waals surface area (Å²) in [5, 5.41) is 3.61. The van der Waals surface area contributed by atoms with Gasteiger partial charge in [-0.05, 0) is 50.6 Å². The normalized spacial score (nSPS) is 20.1. The van der Waals surface area contributed by atoms with Crippen LogP contribution in [-0.2, 0) is 13.0 Å². The lowest BCUT2D eigenvalue weighted by atomic mass is 10.1. The number of hydrogen-bond donors (Lipinski definition) is 1. The average molecular weight is 353 g/mol. The Morgan fingerprint density at radius 1 is 1.29 bits per heavy atom. The van der Waals surface area contributed by atoms with Gasteiger partial charge in [-0.15, -0.1) is 0 Å². The van der Waals surface area contributed by atoms with E-state index in [1.807, 2.05) is 0 Å². The number of benzene rings is 1. The third-order valence-corrected chi connectivity index (χ3v) is 5.05. The monoisotopic (exact) mass is 352 g/mol. The molecule has 3 nitrogen and oxygen atoms in total. The van der Waals surface area contributed by atoms with Crippen LogP contribution >= 0.6 is 15.9 Å². The molecular formula is C17H25BrN2O. The van der Waals surface area contributed by atoms with Crippen molar-refractivity contribution in [2.24, 2.45) is 0 Å². The van der Waals surface area contributed by atoms with Gasteiger partial charge in [0.15, 0.2) is 0 Å². The molecule has 0 radical (unpaired) electrons. The third-order valence-electron chi connectivity index (χ3n) is 4.59. The molecule has 0 bridgehead atoms. The molecule has 0 aliphatic carbocycles. The fraction of sp³-hybridized carbons (Fsp3) is 0.647. The van der Waals surface area contributed by atoms with Crippen LogP contribution in [0.4, 0.5) is 0 Å². The van der Waals surface area contributed by atoms with Gasteiger partial charge in [0.2, 0.25) is 0 Å². The summed E-state index contributed by atoms with van der Waals surface area (Å²) in [5.74, 6) is 1.11. The molecule has 0 spiro atoms. The number of nitrogens with one attached hydrogen (secondary N) is 1. The number of hydrogen-bond acceptors (Lipinski definition) is 3. The molecule has 2 aliphatic rings. The van der Waals surface area contributed by atoms with Crippen molar-refractivity contribution >= 4 is 15.9 Å². The Bertz CT molecular complexity index is 486. The number of piperidine rings is 1. The van der Waals surface area contributed by atoms with Crippen molar-refractivity contribution in [1.29, 1.82) is 0 Å². The van der Waals surface area contributed by atoms with Crippen molar-refractivity contribution in [1.82, 2.24) is 10.2 Å². The Kier molecular flexibility index (Phi) is 5.19. The molecule has 2 aliphatic heterocycles. The summed E-state index contributed by atoms with van der Waals surface area (Å²) < 4.78 is 6.95. The van der Waals surface area contributed by atoms with Crippen molar-refractivity contribution in [3.63, 3.8) is 0 Å².